The van der Waals surface area contributed by atoms with E-state index in [1.807, 2.05) is 34.9 Å². The molecule has 9 heteroatoms. The molecule has 0 saturated carbocycles. The Morgan fingerprint density at radius 2 is 1.66 bits per heavy atom. The van der Waals surface area contributed by atoms with Crippen molar-refractivity contribution >= 4 is 35.6 Å². The summed E-state index contributed by atoms with van der Waals surface area (Å²) in [5.74, 6) is 1.02. The average molecular weight is 507 g/mol. The quantitative estimate of drug-likeness (QED) is 0.334. The summed E-state index contributed by atoms with van der Waals surface area (Å²) in [6, 6.07) is 16.5. The molecule has 2 aromatic carbocycles. The van der Waals surface area contributed by atoms with Crippen molar-refractivity contribution in [1.82, 2.24) is 19.7 Å². The van der Waals surface area contributed by atoms with Gasteiger partial charge < -0.3 is 15.5 Å². The van der Waals surface area contributed by atoms with Gasteiger partial charge in [-0.2, -0.15) is 0 Å². The van der Waals surface area contributed by atoms with Crippen molar-refractivity contribution in [3.63, 3.8) is 0 Å². The van der Waals surface area contributed by atoms with E-state index in [1.165, 1.54) is 12.1 Å². The van der Waals surface area contributed by atoms with E-state index in [2.05, 4.69) is 25.0 Å². The zero-order valence-electron chi connectivity index (χ0n) is 15.9. The number of halogens is 2. The number of anilines is 1. The van der Waals surface area contributed by atoms with Crippen LogP contribution < -0.4 is 10.6 Å². The second-order valence-corrected chi connectivity index (χ2v) is 6.58. The molecule has 1 aliphatic rings. The fraction of sp³-hybridized carbons (Fsp3) is 0.250. The van der Waals surface area contributed by atoms with Crippen LogP contribution in [-0.4, -0.2) is 51.8 Å². The SMILES string of the molecule is I.NC(=NCc1nncn1-c1ccccc1)N1CCN(c2ccc(F)cc2)CC1. The molecule has 29 heavy (non-hydrogen) atoms. The van der Waals surface area contributed by atoms with E-state index in [1.54, 1.807) is 18.5 Å². The molecule has 1 aliphatic heterocycles. The highest BCUT2D eigenvalue weighted by Crippen LogP contribution is 2.17. The van der Waals surface area contributed by atoms with E-state index in [0.29, 0.717) is 12.5 Å². The van der Waals surface area contributed by atoms with Crippen molar-refractivity contribution in [3.05, 3.63) is 72.6 Å². The summed E-state index contributed by atoms with van der Waals surface area (Å²) in [5, 5.41) is 8.16. The maximum Gasteiger partial charge on any atom is 0.191 e. The minimum absolute atomic E-state index is 0. The van der Waals surface area contributed by atoms with Gasteiger partial charge in [0.15, 0.2) is 11.8 Å². The van der Waals surface area contributed by atoms with Gasteiger partial charge in [0.2, 0.25) is 0 Å². The van der Waals surface area contributed by atoms with Crippen LogP contribution >= 0.6 is 24.0 Å². The lowest BCUT2D eigenvalue weighted by Crippen LogP contribution is -2.51. The first-order chi connectivity index (χ1) is 13.7. The lowest BCUT2D eigenvalue weighted by atomic mass is 10.2. The topological polar surface area (TPSA) is 75.6 Å². The summed E-state index contributed by atoms with van der Waals surface area (Å²) in [7, 11) is 0. The van der Waals surface area contributed by atoms with Crippen molar-refractivity contribution in [3.8, 4) is 5.69 Å². The van der Waals surface area contributed by atoms with Gasteiger partial charge in [-0.1, -0.05) is 18.2 Å². The van der Waals surface area contributed by atoms with E-state index in [-0.39, 0.29) is 29.8 Å². The van der Waals surface area contributed by atoms with Crippen LogP contribution in [0.2, 0.25) is 0 Å². The number of aromatic nitrogens is 3. The first-order valence-electron chi connectivity index (χ1n) is 9.20. The van der Waals surface area contributed by atoms with Crippen LogP contribution in [0.3, 0.4) is 0 Å². The Labute approximate surface area is 186 Å². The number of para-hydroxylation sites is 1. The molecule has 0 radical (unpaired) electrons. The zero-order chi connectivity index (χ0) is 19.3. The van der Waals surface area contributed by atoms with E-state index in [9.17, 15) is 4.39 Å². The second-order valence-electron chi connectivity index (χ2n) is 6.58. The lowest BCUT2D eigenvalue weighted by molar-refractivity contribution is 0.380. The Kier molecular flexibility index (Phi) is 7.02. The molecule has 7 nitrogen and oxygen atoms in total. The number of nitrogens with two attached hydrogens (primary N) is 1. The minimum Gasteiger partial charge on any atom is -0.370 e. The van der Waals surface area contributed by atoms with Gasteiger partial charge in [0.05, 0.1) is 0 Å². The molecule has 1 saturated heterocycles. The number of nitrogens with zero attached hydrogens (tertiary/aromatic N) is 6. The summed E-state index contributed by atoms with van der Waals surface area (Å²) < 4.78 is 15.0. The number of piperazine rings is 1. The standard InChI is InChI=1S/C20H22FN7.HI/c21-16-6-8-17(9-7-16)26-10-12-27(13-11-26)20(22)23-14-19-25-24-15-28(19)18-4-2-1-3-5-18;/h1-9,15H,10-14H2,(H2,22,23);1H. The van der Waals surface area contributed by atoms with Crippen LogP contribution in [0.1, 0.15) is 5.82 Å². The largest absolute Gasteiger partial charge is 0.370 e. The smallest absolute Gasteiger partial charge is 0.191 e. The summed E-state index contributed by atoms with van der Waals surface area (Å²) in [6.45, 7) is 3.50. The zero-order valence-corrected chi connectivity index (χ0v) is 18.2. The first kappa shape index (κ1) is 21.0. The third-order valence-corrected chi connectivity index (χ3v) is 4.83. The van der Waals surface area contributed by atoms with Crippen LogP contribution in [-0.2, 0) is 6.54 Å². The number of rotatable bonds is 4. The molecule has 0 spiro atoms. The van der Waals surface area contributed by atoms with Gasteiger partial charge in [-0.25, -0.2) is 9.38 Å². The van der Waals surface area contributed by atoms with Crippen LogP contribution in [0.4, 0.5) is 10.1 Å². The van der Waals surface area contributed by atoms with Crippen molar-refractivity contribution in [1.29, 1.82) is 0 Å². The predicted molar refractivity (Wildman–Crippen MR) is 122 cm³/mol. The monoisotopic (exact) mass is 507 g/mol. The highest BCUT2D eigenvalue weighted by Gasteiger charge is 2.18. The van der Waals surface area contributed by atoms with Crippen molar-refractivity contribution in [2.75, 3.05) is 31.1 Å². The molecule has 1 aromatic heterocycles. The van der Waals surface area contributed by atoms with Crippen molar-refractivity contribution in [2.45, 2.75) is 6.54 Å². The first-order valence-corrected chi connectivity index (χ1v) is 9.20. The fourth-order valence-corrected chi connectivity index (χ4v) is 3.27. The molecule has 4 rings (SSSR count). The maximum atomic E-state index is 13.1. The fourth-order valence-electron chi connectivity index (χ4n) is 3.27. The van der Waals surface area contributed by atoms with E-state index in [4.69, 9.17) is 5.73 Å². The molecule has 0 amide bonds. The maximum absolute atomic E-state index is 13.1. The molecule has 0 unspecified atom stereocenters. The Bertz CT molecular complexity index is 935. The van der Waals surface area contributed by atoms with Crippen LogP contribution in [0, 0.1) is 5.82 Å². The molecular weight excluding hydrogens is 484 g/mol. The molecule has 2 N–H and O–H groups in total. The predicted octanol–water partition coefficient (Wildman–Crippen LogP) is 2.66. The normalized spacial score (nSPS) is 14.6. The molecule has 0 aliphatic carbocycles. The van der Waals surface area contributed by atoms with E-state index in [0.717, 1.165) is 43.4 Å². The van der Waals surface area contributed by atoms with Gasteiger partial charge in [0.25, 0.3) is 0 Å². The lowest BCUT2D eigenvalue weighted by Gasteiger charge is -2.36. The number of hydrogen-bond acceptors (Lipinski definition) is 4. The van der Waals surface area contributed by atoms with Crippen LogP contribution in [0.15, 0.2) is 65.9 Å². The molecular formula is C20H23FIN7. The van der Waals surface area contributed by atoms with Crippen LogP contribution in [0.25, 0.3) is 5.69 Å². The summed E-state index contributed by atoms with van der Waals surface area (Å²) >= 11 is 0. The van der Waals surface area contributed by atoms with Gasteiger partial charge >= 0.3 is 0 Å². The molecule has 1 fully saturated rings. The van der Waals surface area contributed by atoms with Gasteiger partial charge in [-0.3, -0.25) is 4.57 Å². The minimum atomic E-state index is -0.220. The molecule has 152 valence electrons. The Balaban J connectivity index is 0.00000240. The Morgan fingerprint density at radius 3 is 2.34 bits per heavy atom. The number of benzene rings is 2. The third kappa shape index (κ3) is 5.03. The third-order valence-electron chi connectivity index (χ3n) is 4.83. The van der Waals surface area contributed by atoms with Crippen molar-refractivity contribution < 1.29 is 4.39 Å². The molecule has 0 bridgehead atoms. The van der Waals surface area contributed by atoms with Gasteiger partial charge in [0, 0.05) is 37.6 Å². The highest BCUT2D eigenvalue weighted by atomic mass is 127. The highest BCUT2D eigenvalue weighted by molar-refractivity contribution is 14.0. The second kappa shape index (κ2) is 9.68. The summed E-state index contributed by atoms with van der Waals surface area (Å²) in [6.07, 6.45) is 1.68. The van der Waals surface area contributed by atoms with Gasteiger partial charge in [0.1, 0.15) is 18.7 Å². The van der Waals surface area contributed by atoms with Gasteiger partial charge in [-0.05, 0) is 36.4 Å². The Hall–Kier alpha value is -2.69. The molecule has 2 heterocycles. The summed E-state index contributed by atoms with van der Waals surface area (Å²) in [4.78, 5) is 8.79. The average Bonchev–Trinajstić information content (AvgIpc) is 3.22. The van der Waals surface area contributed by atoms with E-state index >= 15 is 0 Å². The summed E-state index contributed by atoms with van der Waals surface area (Å²) in [5.41, 5.74) is 8.22. The van der Waals surface area contributed by atoms with Crippen molar-refractivity contribution in [2.24, 2.45) is 10.7 Å². The Morgan fingerprint density at radius 1 is 0.966 bits per heavy atom. The molecule has 3 aromatic rings. The van der Waals surface area contributed by atoms with Gasteiger partial charge in [-0.15, -0.1) is 34.2 Å². The number of guanidine groups is 1. The molecule has 0 atom stereocenters. The van der Waals surface area contributed by atoms with Crippen LogP contribution in [0.5, 0.6) is 0 Å². The van der Waals surface area contributed by atoms with E-state index < -0.39 is 0 Å². The number of hydrogen-bond donors (Lipinski definition) is 1. The number of aliphatic imine (C=N–C) groups is 1.